The normalized spacial score (nSPS) is 19.0. The molecule has 2 aromatic rings. The highest BCUT2D eigenvalue weighted by atomic mass is 16.5. The summed E-state index contributed by atoms with van der Waals surface area (Å²) in [4.78, 5) is 9.04. The lowest BCUT2D eigenvalue weighted by Crippen LogP contribution is -2.31. The largest absolute Gasteiger partial charge is 0.462 e. The van der Waals surface area contributed by atoms with E-state index in [0.29, 0.717) is 28.3 Å². The van der Waals surface area contributed by atoms with Crippen LogP contribution >= 0.6 is 0 Å². The number of aliphatic hydroxyl groups is 2. The van der Waals surface area contributed by atoms with E-state index in [0.717, 1.165) is 5.56 Å². The Balaban J connectivity index is 1.87. The molecule has 0 radical (unpaired) electrons. The number of aromatic nitrogens is 1. The third-order valence-electron chi connectivity index (χ3n) is 4.68. The fourth-order valence-corrected chi connectivity index (χ4v) is 3.32. The second-order valence-electron chi connectivity index (χ2n) is 8.61. The quantitative estimate of drug-likeness (QED) is 0.566. The van der Waals surface area contributed by atoms with Crippen molar-refractivity contribution in [2.45, 2.75) is 44.4 Å². The van der Waals surface area contributed by atoms with Crippen LogP contribution in [0, 0.1) is 23.7 Å². The van der Waals surface area contributed by atoms with Crippen LogP contribution in [0.1, 0.15) is 49.9 Å². The van der Waals surface area contributed by atoms with Crippen molar-refractivity contribution in [3.05, 3.63) is 52.7 Å². The summed E-state index contributed by atoms with van der Waals surface area (Å²) in [5.74, 6) is 12.5. The Kier molecular flexibility index (Phi) is 4.70. The molecule has 0 saturated heterocycles. The SMILES string of the molecule is CC(C)(O)C#Cc1ccc2c(c1)[C@]1(COC(N)=N1)c1cc(C#CC(C)(C)O)cnc1O2. The molecule has 158 valence electrons. The van der Waals surface area contributed by atoms with Crippen LogP contribution in [-0.2, 0) is 10.3 Å². The van der Waals surface area contributed by atoms with Gasteiger partial charge in [0, 0.05) is 22.9 Å². The summed E-state index contributed by atoms with van der Waals surface area (Å²) in [6.07, 6.45) is 1.59. The van der Waals surface area contributed by atoms with Crippen molar-refractivity contribution in [3.63, 3.8) is 0 Å². The van der Waals surface area contributed by atoms with E-state index in [1.165, 1.54) is 0 Å². The minimum Gasteiger partial charge on any atom is -0.462 e. The zero-order valence-electron chi connectivity index (χ0n) is 17.8. The van der Waals surface area contributed by atoms with Crippen LogP contribution < -0.4 is 10.5 Å². The van der Waals surface area contributed by atoms with Crippen LogP contribution in [0.5, 0.6) is 11.6 Å². The molecule has 0 aliphatic carbocycles. The molecule has 7 nitrogen and oxygen atoms in total. The number of aliphatic imine (C=N–C) groups is 1. The molecule has 0 unspecified atom stereocenters. The van der Waals surface area contributed by atoms with Crippen LogP contribution in [0.4, 0.5) is 0 Å². The first kappa shape index (κ1) is 20.7. The van der Waals surface area contributed by atoms with Crippen molar-refractivity contribution in [1.82, 2.24) is 4.98 Å². The Morgan fingerprint density at radius 3 is 2.26 bits per heavy atom. The van der Waals surface area contributed by atoms with E-state index >= 15 is 0 Å². The average Bonchev–Trinajstić information content (AvgIpc) is 3.07. The molecule has 0 saturated carbocycles. The van der Waals surface area contributed by atoms with Gasteiger partial charge in [-0.1, -0.05) is 23.7 Å². The van der Waals surface area contributed by atoms with Gasteiger partial charge >= 0.3 is 0 Å². The standard InChI is InChI=1S/C24H23N3O4/c1-22(2,28)9-7-15-5-6-19-17(11-15)24(14-30-21(25)27-24)18-12-16(8-10-23(3,4)29)13-26-20(18)31-19/h5-6,11-13,28-29H,14H2,1-4H3,(H2,25,27)/t24-/m1/s1. The van der Waals surface area contributed by atoms with E-state index in [1.54, 1.807) is 40.0 Å². The fraction of sp³-hybridized carbons (Fsp3) is 0.333. The maximum absolute atomic E-state index is 9.93. The molecule has 2 aliphatic heterocycles. The van der Waals surface area contributed by atoms with Crippen LogP contribution in [0.2, 0.25) is 0 Å². The Labute approximate surface area is 180 Å². The Bertz CT molecular complexity index is 1130. The lowest BCUT2D eigenvalue weighted by atomic mass is 9.81. The highest BCUT2D eigenvalue weighted by Crippen LogP contribution is 2.50. The van der Waals surface area contributed by atoms with E-state index in [2.05, 4.69) is 33.7 Å². The molecule has 7 heteroatoms. The Morgan fingerprint density at radius 1 is 1.00 bits per heavy atom. The lowest BCUT2D eigenvalue weighted by molar-refractivity contribution is 0.143. The highest BCUT2D eigenvalue weighted by Gasteiger charge is 2.47. The van der Waals surface area contributed by atoms with E-state index in [4.69, 9.17) is 15.2 Å². The van der Waals surface area contributed by atoms with E-state index in [-0.39, 0.29) is 12.6 Å². The average molecular weight is 417 g/mol. The van der Waals surface area contributed by atoms with Crippen molar-refractivity contribution in [3.8, 4) is 35.3 Å². The van der Waals surface area contributed by atoms with Crippen molar-refractivity contribution >= 4 is 6.02 Å². The van der Waals surface area contributed by atoms with E-state index in [9.17, 15) is 10.2 Å². The molecule has 0 fully saturated rings. The summed E-state index contributed by atoms with van der Waals surface area (Å²) in [6.45, 7) is 6.64. The van der Waals surface area contributed by atoms with Gasteiger partial charge in [-0.25, -0.2) is 9.98 Å². The zero-order valence-corrected chi connectivity index (χ0v) is 17.8. The van der Waals surface area contributed by atoms with Gasteiger partial charge in [0.1, 0.15) is 23.6 Å². The molecule has 1 aromatic heterocycles. The molecule has 1 aromatic carbocycles. The minimum absolute atomic E-state index is 0.0692. The maximum atomic E-state index is 9.93. The number of pyridine rings is 1. The molecule has 2 aliphatic rings. The first-order valence-corrected chi connectivity index (χ1v) is 9.77. The summed E-state index contributed by atoms with van der Waals surface area (Å²) in [6, 6.07) is 7.35. The number of rotatable bonds is 0. The summed E-state index contributed by atoms with van der Waals surface area (Å²) < 4.78 is 11.6. The molecule has 4 rings (SSSR count). The number of nitrogens with zero attached hydrogens (tertiary/aromatic N) is 2. The predicted octanol–water partition coefficient (Wildman–Crippen LogP) is 2.02. The number of hydrogen-bond donors (Lipinski definition) is 3. The fourth-order valence-electron chi connectivity index (χ4n) is 3.32. The van der Waals surface area contributed by atoms with Crippen molar-refractivity contribution in [2.75, 3.05) is 6.61 Å². The summed E-state index contributed by atoms with van der Waals surface area (Å²) in [7, 11) is 0. The number of amidine groups is 1. The van der Waals surface area contributed by atoms with E-state index < -0.39 is 16.7 Å². The van der Waals surface area contributed by atoms with Gasteiger partial charge in [-0.3, -0.25) is 0 Å². The zero-order chi connectivity index (χ0) is 22.4. The van der Waals surface area contributed by atoms with Gasteiger partial charge in [-0.2, -0.15) is 0 Å². The summed E-state index contributed by atoms with van der Waals surface area (Å²) in [5.41, 5.74) is 5.39. The van der Waals surface area contributed by atoms with Crippen LogP contribution in [0.25, 0.3) is 0 Å². The molecule has 1 spiro atoms. The third-order valence-corrected chi connectivity index (χ3v) is 4.68. The highest BCUT2D eigenvalue weighted by molar-refractivity contribution is 5.76. The summed E-state index contributed by atoms with van der Waals surface area (Å²) >= 11 is 0. The molecule has 0 amide bonds. The van der Waals surface area contributed by atoms with Gasteiger partial charge in [0.15, 0.2) is 5.54 Å². The maximum Gasteiger partial charge on any atom is 0.283 e. The topological polar surface area (TPSA) is 110 Å². The van der Waals surface area contributed by atoms with Crippen molar-refractivity contribution < 1.29 is 19.7 Å². The number of benzene rings is 1. The van der Waals surface area contributed by atoms with Gasteiger partial charge in [-0.05, 0) is 52.0 Å². The minimum atomic E-state index is -1.14. The molecule has 3 heterocycles. The molecular weight excluding hydrogens is 394 g/mol. The van der Waals surface area contributed by atoms with Crippen molar-refractivity contribution in [1.29, 1.82) is 0 Å². The third kappa shape index (κ3) is 4.20. The molecule has 1 atom stereocenters. The van der Waals surface area contributed by atoms with Gasteiger partial charge in [-0.15, -0.1) is 0 Å². The lowest BCUT2D eigenvalue weighted by Gasteiger charge is -2.32. The first-order valence-electron chi connectivity index (χ1n) is 9.77. The first-order chi connectivity index (χ1) is 14.5. The number of hydrogen-bond acceptors (Lipinski definition) is 7. The van der Waals surface area contributed by atoms with Gasteiger partial charge in [0.2, 0.25) is 5.88 Å². The number of nitrogens with two attached hydrogens (primary N) is 1. The number of fused-ring (bicyclic) bond motifs is 4. The summed E-state index contributed by atoms with van der Waals surface area (Å²) in [5, 5.41) is 19.8. The Hall–Kier alpha value is -3.52. The van der Waals surface area contributed by atoms with Crippen LogP contribution in [0.15, 0.2) is 35.5 Å². The number of ether oxygens (including phenoxy) is 2. The molecule has 4 N–H and O–H groups in total. The predicted molar refractivity (Wildman–Crippen MR) is 115 cm³/mol. The molecule has 0 bridgehead atoms. The van der Waals surface area contributed by atoms with Gasteiger partial charge in [0.05, 0.1) is 5.56 Å². The molecule has 31 heavy (non-hydrogen) atoms. The second-order valence-corrected chi connectivity index (χ2v) is 8.61. The monoisotopic (exact) mass is 417 g/mol. The molecular formula is C24H23N3O4. The smallest absolute Gasteiger partial charge is 0.283 e. The van der Waals surface area contributed by atoms with Crippen LogP contribution in [0.3, 0.4) is 0 Å². The van der Waals surface area contributed by atoms with Gasteiger partial charge in [0.25, 0.3) is 6.02 Å². The second kappa shape index (κ2) is 7.02. The van der Waals surface area contributed by atoms with Crippen LogP contribution in [-0.4, -0.2) is 39.0 Å². The van der Waals surface area contributed by atoms with E-state index in [1.807, 2.05) is 18.2 Å². The van der Waals surface area contributed by atoms with Crippen molar-refractivity contribution in [2.24, 2.45) is 10.7 Å². The Morgan fingerprint density at radius 2 is 1.65 bits per heavy atom. The van der Waals surface area contributed by atoms with Gasteiger partial charge < -0.3 is 25.4 Å².